The molecule has 1 aromatic heterocycles. The van der Waals surface area contributed by atoms with Gasteiger partial charge in [0.1, 0.15) is 5.15 Å². The van der Waals surface area contributed by atoms with Crippen molar-refractivity contribution in [2.75, 3.05) is 13.1 Å². The fourth-order valence-electron chi connectivity index (χ4n) is 1.15. The minimum absolute atomic E-state index is 0.223. The van der Waals surface area contributed by atoms with Crippen LogP contribution in [0.15, 0.2) is 12.4 Å². The molecule has 5 nitrogen and oxygen atoms in total. The van der Waals surface area contributed by atoms with E-state index in [4.69, 9.17) is 17.3 Å². The smallest absolute Gasteiger partial charge is 0.231 e. The molecule has 0 saturated heterocycles. The molecular weight excluding hydrogens is 216 g/mol. The Morgan fingerprint density at radius 1 is 1.53 bits per heavy atom. The van der Waals surface area contributed by atoms with Crippen molar-refractivity contribution in [1.82, 2.24) is 14.9 Å². The third-order valence-corrected chi connectivity index (χ3v) is 2.08. The number of carbonyl (C=O) groups is 1. The summed E-state index contributed by atoms with van der Waals surface area (Å²) in [5.41, 5.74) is 5.88. The highest BCUT2D eigenvalue weighted by atomic mass is 35.5. The minimum Gasteiger partial charge on any atom is -0.369 e. The average molecular weight is 229 g/mol. The third kappa shape index (κ3) is 4.22. The second-order valence-corrected chi connectivity index (χ2v) is 3.49. The number of amides is 1. The Balaban J connectivity index is 2.58. The lowest BCUT2D eigenvalue weighted by atomic mass is 10.3. The Labute approximate surface area is 93.3 Å². The number of aromatic nitrogens is 2. The molecule has 0 atom stereocenters. The quantitative estimate of drug-likeness (QED) is 0.794. The Morgan fingerprint density at radius 2 is 2.27 bits per heavy atom. The molecule has 0 unspecified atom stereocenters. The lowest BCUT2D eigenvalue weighted by molar-refractivity contribution is -0.119. The van der Waals surface area contributed by atoms with Gasteiger partial charge < -0.3 is 5.73 Å². The van der Waals surface area contributed by atoms with Crippen LogP contribution < -0.4 is 5.73 Å². The molecule has 6 heteroatoms. The highest BCUT2D eigenvalue weighted by Gasteiger charge is 2.07. The topological polar surface area (TPSA) is 72.1 Å². The maximum absolute atomic E-state index is 10.7. The molecule has 0 bridgehead atoms. The first-order chi connectivity index (χ1) is 7.11. The summed E-state index contributed by atoms with van der Waals surface area (Å²) in [6, 6.07) is 0. The number of primary amides is 1. The molecule has 82 valence electrons. The monoisotopic (exact) mass is 228 g/mol. The van der Waals surface area contributed by atoms with Gasteiger partial charge in [0.15, 0.2) is 0 Å². The van der Waals surface area contributed by atoms with Crippen LogP contribution in [0, 0.1) is 0 Å². The van der Waals surface area contributed by atoms with Gasteiger partial charge in [-0.15, -0.1) is 0 Å². The van der Waals surface area contributed by atoms with Crippen LogP contribution >= 0.6 is 11.6 Å². The summed E-state index contributed by atoms with van der Waals surface area (Å²) in [4.78, 5) is 20.6. The normalized spacial score (nSPS) is 10.6. The van der Waals surface area contributed by atoms with E-state index in [9.17, 15) is 4.79 Å². The standard InChI is InChI=1S/C9H13ClN4O/c1-2-14(6-9(11)15)5-7-3-13-8(10)4-12-7/h3-4H,2,5-6H2,1H3,(H2,11,15). The van der Waals surface area contributed by atoms with E-state index in [1.165, 1.54) is 6.20 Å². The summed E-state index contributed by atoms with van der Waals surface area (Å²) in [6.45, 7) is 3.45. The van der Waals surface area contributed by atoms with Crippen molar-refractivity contribution in [1.29, 1.82) is 0 Å². The summed E-state index contributed by atoms with van der Waals surface area (Å²) in [6.07, 6.45) is 3.07. The first kappa shape index (κ1) is 11.9. The maximum Gasteiger partial charge on any atom is 0.231 e. The van der Waals surface area contributed by atoms with Crippen molar-refractivity contribution in [3.8, 4) is 0 Å². The Hall–Kier alpha value is -1.20. The summed E-state index contributed by atoms with van der Waals surface area (Å²) in [5.74, 6) is -0.348. The van der Waals surface area contributed by atoms with Crippen LogP contribution in [0.5, 0.6) is 0 Å². The number of hydrogen-bond acceptors (Lipinski definition) is 4. The van der Waals surface area contributed by atoms with E-state index >= 15 is 0 Å². The molecule has 0 aromatic carbocycles. The molecular formula is C9H13ClN4O. The molecule has 0 aliphatic rings. The fraction of sp³-hybridized carbons (Fsp3) is 0.444. The number of carbonyl (C=O) groups excluding carboxylic acids is 1. The first-order valence-corrected chi connectivity index (χ1v) is 4.96. The molecule has 0 aliphatic carbocycles. The van der Waals surface area contributed by atoms with Crippen LogP contribution in [0.4, 0.5) is 0 Å². The lowest BCUT2D eigenvalue weighted by Crippen LogP contribution is -2.33. The molecule has 1 rings (SSSR count). The van der Waals surface area contributed by atoms with Crippen molar-refractivity contribution < 1.29 is 4.79 Å². The number of halogens is 1. The van der Waals surface area contributed by atoms with Crippen molar-refractivity contribution >= 4 is 17.5 Å². The van der Waals surface area contributed by atoms with Gasteiger partial charge >= 0.3 is 0 Å². The van der Waals surface area contributed by atoms with Gasteiger partial charge in [-0.3, -0.25) is 14.7 Å². The second kappa shape index (κ2) is 5.63. The number of nitrogens with zero attached hydrogens (tertiary/aromatic N) is 3. The predicted octanol–water partition coefficient (Wildman–Crippen LogP) is 0.437. The van der Waals surface area contributed by atoms with Crippen LogP contribution in [0.1, 0.15) is 12.6 Å². The van der Waals surface area contributed by atoms with E-state index in [-0.39, 0.29) is 12.5 Å². The number of nitrogens with two attached hydrogens (primary N) is 1. The molecule has 0 saturated carbocycles. The summed E-state index contributed by atoms with van der Waals surface area (Å²) in [7, 11) is 0. The Morgan fingerprint density at radius 3 is 2.73 bits per heavy atom. The van der Waals surface area contributed by atoms with E-state index < -0.39 is 0 Å². The molecule has 1 heterocycles. The summed E-state index contributed by atoms with van der Waals surface area (Å²) in [5, 5.41) is 0.358. The molecule has 0 fully saturated rings. The average Bonchev–Trinajstić information content (AvgIpc) is 2.19. The molecule has 1 amide bonds. The third-order valence-electron chi connectivity index (χ3n) is 1.89. The largest absolute Gasteiger partial charge is 0.369 e. The Kier molecular flexibility index (Phi) is 4.45. The number of hydrogen-bond donors (Lipinski definition) is 1. The van der Waals surface area contributed by atoms with Gasteiger partial charge in [0.05, 0.1) is 24.6 Å². The van der Waals surface area contributed by atoms with E-state index in [0.717, 1.165) is 12.2 Å². The van der Waals surface area contributed by atoms with Gasteiger partial charge in [-0.2, -0.15) is 0 Å². The van der Waals surface area contributed by atoms with Crippen molar-refractivity contribution in [3.05, 3.63) is 23.2 Å². The molecule has 2 N–H and O–H groups in total. The summed E-state index contributed by atoms with van der Waals surface area (Å²) < 4.78 is 0. The van der Waals surface area contributed by atoms with Crippen molar-refractivity contribution in [3.63, 3.8) is 0 Å². The van der Waals surface area contributed by atoms with Gasteiger partial charge in [0, 0.05) is 6.54 Å². The zero-order valence-corrected chi connectivity index (χ0v) is 9.24. The zero-order valence-electron chi connectivity index (χ0n) is 8.48. The molecule has 0 aliphatic heterocycles. The van der Waals surface area contributed by atoms with Gasteiger partial charge in [0.25, 0.3) is 0 Å². The second-order valence-electron chi connectivity index (χ2n) is 3.10. The van der Waals surface area contributed by atoms with Crippen LogP contribution in [0.3, 0.4) is 0 Å². The maximum atomic E-state index is 10.7. The minimum atomic E-state index is -0.348. The fourth-order valence-corrected chi connectivity index (χ4v) is 1.25. The lowest BCUT2D eigenvalue weighted by Gasteiger charge is -2.17. The molecule has 0 radical (unpaired) electrons. The van der Waals surface area contributed by atoms with Gasteiger partial charge in [-0.05, 0) is 6.54 Å². The van der Waals surface area contributed by atoms with Crippen molar-refractivity contribution in [2.24, 2.45) is 5.73 Å². The van der Waals surface area contributed by atoms with Gasteiger partial charge in [-0.1, -0.05) is 18.5 Å². The van der Waals surface area contributed by atoms with E-state index in [1.807, 2.05) is 11.8 Å². The SMILES string of the molecule is CCN(CC(N)=O)Cc1cnc(Cl)cn1. The van der Waals surface area contributed by atoms with Crippen molar-refractivity contribution in [2.45, 2.75) is 13.5 Å². The van der Waals surface area contributed by atoms with Crippen LogP contribution in [-0.4, -0.2) is 33.9 Å². The first-order valence-electron chi connectivity index (χ1n) is 4.59. The van der Waals surface area contributed by atoms with Crippen LogP contribution in [-0.2, 0) is 11.3 Å². The van der Waals surface area contributed by atoms with E-state index in [2.05, 4.69) is 9.97 Å². The molecule has 15 heavy (non-hydrogen) atoms. The zero-order chi connectivity index (χ0) is 11.3. The molecule has 0 spiro atoms. The number of likely N-dealkylation sites (N-methyl/N-ethyl adjacent to an activating group) is 1. The van der Waals surface area contributed by atoms with E-state index in [0.29, 0.717) is 11.7 Å². The van der Waals surface area contributed by atoms with Gasteiger partial charge in [-0.25, -0.2) is 4.98 Å². The molecule has 1 aromatic rings. The Bertz CT molecular complexity index is 327. The van der Waals surface area contributed by atoms with Gasteiger partial charge in [0.2, 0.25) is 5.91 Å². The van der Waals surface area contributed by atoms with Crippen LogP contribution in [0.2, 0.25) is 5.15 Å². The predicted molar refractivity (Wildman–Crippen MR) is 57.2 cm³/mol. The summed E-state index contributed by atoms with van der Waals surface area (Å²) >= 11 is 5.61. The van der Waals surface area contributed by atoms with E-state index in [1.54, 1.807) is 6.20 Å². The van der Waals surface area contributed by atoms with Crippen LogP contribution in [0.25, 0.3) is 0 Å². The highest BCUT2D eigenvalue weighted by Crippen LogP contribution is 2.03. The number of rotatable bonds is 5. The highest BCUT2D eigenvalue weighted by molar-refractivity contribution is 6.29.